The number of hydrogen-bond donors (Lipinski definition) is 0. The molecule has 2 aliphatic rings. The second-order valence-corrected chi connectivity index (χ2v) is 7.55. The normalized spacial score (nSPS) is 17.5. The predicted octanol–water partition coefficient (Wildman–Crippen LogP) is 5.38. The first-order valence-electron chi connectivity index (χ1n) is 10.6. The Hall–Kier alpha value is -0.990. The van der Waals surface area contributed by atoms with Gasteiger partial charge in [0.15, 0.2) is 0 Å². The van der Waals surface area contributed by atoms with Crippen LogP contribution < -0.4 is 0 Å². The Labute approximate surface area is 173 Å². The third kappa shape index (κ3) is 15.7. The minimum absolute atomic E-state index is 0. The number of nitrogens with zero attached hydrogens (tertiary/aromatic N) is 5. The van der Waals surface area contributed by atoms with Crippen molar-refractivity contribution in [3.63, 3.8) is 0 Å². The van der Waals surface area contributed by atoms with Gasteiger partial charge in [-0.1, -0.05) is 38.5 Å². The number of hydrogen-bond acceptors (Lipinski definition) is 5. The zero-order valence-corrected chi connectivity index (χ0v) is 18.5. The summed E-state index contributed by atoms with van der Waals surface area (Å²) in [5, 5.41) is 0. The van der Waals surface area contributed by atoms with Crippen molar-refractivity contribution in [1.82, 2.24) is 4.90 Å². The van der Waals surface area contributed by atoms with E-state index < -0.39 is 0 Å². The van der Waals surface area contributed by atoms with E-state index in [-0.39, 0.29) is 12.4 Å². The van der Waals surface area contributed by atoms with E-state index in [2.05, 4.69) is 51.0 Å². The molecule has 6 heteroatoms. The SMILES string of the molecule is C(=NC1CCCCC1)=NC1CCCCC1.CCN=C=NCCCN(C)C.Cl. The maximum atomic E-state index is 4.46. The lowest BCUT2D eigenvalue weighted by atomic mass is 9.96. The van der Waals surface area contributed by atoms with E-state index in [1.54, 1.807) is 0 Å². The Morgan fingerprint density at radius 3 is 1.74 bits per heavy atom. The van der Waals surface area contributed by atoms with Gasteiger partial charge in [-0.25, -0.2) is 20.0 Å². The molecule has 2 rings (SSSR count). The Balaban J connectivity index is 0.000000509. The maximum absolute atomic E-state index is 4.46. The zero-order valence-electron chi connectivity index (χ0n) is 17.7. The molecule has 27 heavy (non-hydrogen) atoms. The van der Waals surface area contributed by atoms with Crippen LogP contribution in [0, 0.1) is 0 Å². The Bertz CT molecular complexity index is 431. The molecule has 2 aliphatic carbocycles. The van der Waals surface area contributed by atoms with Crippen LogP contribution in [0.4, 0.5) is 0 Å². The van der Waals surface area contributed by atoms with Crippen molar-refractivity contribution in [2.45, 2.75) is 89.6 Å². The van der Waals surface area contributed by atoms with Crippen LogP contribution in [0.15, 0.2) is 20.0 Å². The van der Waals surface area contributed by atoms with E-state index >= 15 is 0 Å². The van der Waals surface area contributed by atoms with Crippen molar-refractivity contribution in [2.24, 2.45) is 20.0 Å². The first kappa shape index (κ1) is 26.0. The fraction of sp³-hybridized carbons (Fsp3) is 0.905. The molecule has 0 aromatic rings. The van der Waals surface area contributed by atoms with Gasteiger partial charge >= 0.3 is 0 Å². The van der Waals surface area contributed by atoms with Gasteiger partial charge in [-0.2, -0.15) is 0 Å². The van der Waals surface area contributed by atoms with Crippen molar-refractivity contribution in [1.29, 1.82) is 0 Å². The van der Waals surface area contributed by atoms with Crippen molar-refractivity contribution in [2.75, 3.05) is 33.7 Å². The van der Waals surface area contributed by atoms with Gasteiger partial charge in [-0.15, -0.1) is 12.4 Å². The van der Waals surface area contributed by atoms with Gasteiger partial charge < -0.3 is 4.90 Å². The van der Waals surface area contributed by atoms with Gasteiger partial charge in [0.1, 0.15) is 0 Å². The minimum Gasteiger partial charge on any atom is -0.309 e. The van der Waals surface area contributed by atoms with Crippen LogP contribution in [-0.4, -0.2) is 62.7 Å². The van der Waals surface area contributed by atoms with Crippen molar-refractivity contribution in [3.05, 3.63) is 0 Å². The Morgan fingerprint density at radius 1 is 0.778 bits per heavy atom. The topological polar surface area (TPSA) is 52.7 Å². The molecule has 0 aromatic carbocycles. The minimum atomic E-state index is 0. The molecule has 0 heterocycles. The van der Waals surface area contributed by atoms with Gasteiger partial charge in [-0.05, 0) is 59.7 Å². The highest BCUT2D eigenvalue weighted by Crippen LogP contribution is 2.21. The molecular weight excluding hydrogens is 358 g/mol. The first-order valence-corrected chi connectivity index (χ1v) is 10.6. The highest BCUT2D eigenvalue weighted by atomic mass is 35.5. The summed E-state index contributed by atoms with van der Waals surface area (Å²) in [4.78, 5) is 18.9. The largest absolute Gasteiger partial charge is 0.309 e. The van der Waals surface area contributed by atoms with Gasteiger partial charge in [0.25, 0.3) is 0 Å². The number of rotatable bonds is 7. The van der Waals surface area contributed by atoms with Crippen LogP contribution in [0.2, 0.25) is 0 Å². The van der Waals surface area contributed by atoms with Crippen LogP contribution in [0.5, 0.6) is 0 Å². The van der Waals surface area contributed by atoms with Crippen LogP contribution in [0.3, 0.4) is 0 Å². The molecule has 0 atom stereocenters. The predicted molar refractivity (Wildman–Crippen MR) is 119 cm³/mol. The molecule has 2 saturated carbocycles. The summed E-state index contributed by atoms with van der Waals surface area (Å²) in [7, 11) is 4.12. The third-order valence-corrected chi connectivity index (χ3v) is 4.80. The highest BCUT2D eigenvalue weighted by molar-refractivity contribution is 5.85. The molecule has 5 nitrogen and oxygen atoms in total. The summed E-state index contributed by atoms with van der Waals surface area (Å²) in [5.74, 6) is 0. The molecular formula is C21H40ClN5. The van der Waals surface area contributed by atoms with Crippen LogP contribution in [-0.2, 0) is 0 Å². The summed E-state index contributed by atoms with van der Waals surface area (Å²) < 4.78 is 0. The molecule has 0 radical (unpaired) electrons. The summed E-state index contributed by atoms with van der Waals surface area (Å²) in [6, 6.07) is 6.68. The second-order valence-electron chi connectivity index (χ2n) is 7.55. The van der Waals surface area contributed by atoms with Crippen molar-refractivity contribution in [3.8, 4) is 0 Å². The molecule has 0 bridgehead atoms. The molecule has 0 N–H and O–H groups in total. The molecule has 0 unspecified atom stereocenters. The summed E-state index contributed by atoms with van der Waals surface area (Å²) in [5.41, 5.74) is 0. The maximum Gasteiger partial charge on any atom is 0.0898 e. The van der Waals surface area contributed by atoms with Gasteiger partial charge in [-0.3, -0.25) is 0 Å². The molecule has 2 fully saturated rings. The van der Waals surface area contributed by atoms with E-state index in [0.29, 0.717) is 12.1 Å². The quantitative estimate of drug-likeness (QED) is 0.420. The molecule has 156 valence electrons. The third-order valence-electron chi connectivity index (χ3n) is 4.80. The van der Waals surface area contributed by atoms with E-state index in [1.807, 2.05) is 6.92 Å². The van der Waals surface area contributed by atoms with Crippen LogP contribution >= 0.6 is 12.4 Å². The average Bonchev–Trinajstić information content (AvgIpc) is 2.67. The van der Waals surface area contributed by atoms with Crippen LogP contribution in [0.1, 0.15) is 77.6 Å². The van der Waals surface area contributed by atoms with E-state index in [0.717, 1.165) is 26.1 Å². The average molecular weight is 398 g/mol. The molecule has 0 saturated heterocycles. The summed E-state index contributed by atoms with van der Waals surface area (Å²) in [6.07, 6.45) is 14.3. The Morgan fingerprint density at radius 2 is 1.30 bits per heavy atom. The molecule has 0 spiro atoms. The lowest BCUT2D eigenvalue weighted by molar-refractivity contribution is 0.403. The number of halogens is 1. The van der Waals surface area contributed by atoms with E-state index in [4.69, 9.17) is 0 Å². The first-order chi connectivity index (χ1) is 12.7. The van der Waals surface area contributed by atoms with Crippen LogP contribution in [0.25, 0.3) is 0 Å². The lowest BCUT2D eigenvalue weighted by Crippen LogP contribution is -2.13. The summed E-state index contributed by atoms with van der Waals surface area (Å²) in [6.45, 7) is 4.67. The standard InChI is InChI=1S/C13H22N2.C8H17N3.ClH/c1-3-7-12(8-4-1)14-11-15-13-9-5-2-6-10-13;1-4-9-8-10-6-5-7-11(2)3;/h12-13H,1-10H2;4-7H2,1-3H3;1H. The van der Waals surface area contributed by atoms with E-state index in [1.165, 1.54) is 64.2 Å². The van der Waals surface area contributed by atoms with Crippen molar-refractivity contribution >= 4 is 24.4 Å². The monoisotopic (exact) mass is 397 g/mol. The summed E-state index contributed by atoms with van der Waals surface area (Å²) >= 11 is 0. The van der Waals surface area contributed by atoms with Gasteiger partial charge in [0.2, 0.25) is 0 Å². The lowest BCUT2D eigenvalue weighted by Gasteiger charge is -2.17. The zero-order chi connectivity index (χ0) is 18.9. The fourth-order valence-electron chi connectivity index (χ4n) is 3.25. The Kier molecular flexibility index (Phi) is 17.7. The smallest absolute Gasteiger partial charge is 0.0898 e. The number of aliphatic imine (C=N–C) groups is 4. The molecule has 0 amide bonds. The van der Waals surface area contributed by atoms with Gasteiger partial charge in [0.05, 0.1) is 30.6 Å². The fourth-order valence-corrected chi connectivity index (χ4v) is 3.25. The van der Waals surface area contributed by atoms with E-state index in [9.17, 15) is 0 Å². The highest BCUT2D eigenvalue weighted by Gasteiger charge is 2.12. The molecule has 0 aromatic heterocycles. The van der Waals surface area contributed by atoms with Gasteiger partial charge in [0, 0.05) is 6.54 Å². The second kappa shape index (κ2) is 18.4. The van der Waals surface area contributed by atoms with Crippen molar-refractivity contribution < 1.29 is 0 Å². The molecule has 0 aliphatic heterocycles.